The molecule has 0 aromatic heterocycles. The van der Waals surface area contributed by atoms with E-state index in [1.165, 1.54) is 17.5 Å². The van der Waals surface area contributed by atoms with Gasteiger partial charge in [0.2, 0.25) is 10.0 Å². The van der Waals surface area contributed by atoms with E-state index < -0.39 is 21.8 Å². The number of alkyl halides is 3. The number of nitrogens with zero attached hydrogens (tertiary/aromatic N) is 3. The van der Waals surface area contributed by atoms with Crippen molar-refractivity contribution < 1.29 is 31.1 Å². The Morgan fingerprint density at radius 1 is 0.947 bits per heavy atom. The van der Waals surface area contributed by atoms with Crippen LogP contribution in [0.5, 0.6) is 17.2 Å². The number of sulfonamides is 1. The molecule has 2 aliphatic heterocycles. The van der Waals surface area contributed by atoms with Gasteiger partial charge in [0.05, 0.1) is 23.1 Å². The highest BCUT2D eigenvalue weighted by Crippen LogP contribution is 2.42. The van der Waals surface area contributed by atoms with Crippen LogP contribution >= 0.6 is 0 Å². The normalized spacial score (nSPS) is 16.4. The van der Waals surface area contributed by atoms with E-state index in [0.717, 1.165) is 17.7 Å². The van der Waals surface area contributed by atoms with E-state index in [9.17, 15) is 21.6 Å². The minimum Gasteiger partial charge on any atom is -0.497 e. The average molecular weight is 546 g/mol. The molecule has 0 amide bonds. The quantitative estimate of drug-likeness (QED) is 0.428. The molecule has 2 heterocycles. The number of aliphatic imine (C=N–C) groups is 1. The van der Waals surface area contributed by atoms with Gasteiger partial charge in [0.25, 0.3) is 0 Å². The summed E-state index contributed by atoms with van der Waals surface area (Å²) in [6.45, 7) is 3.06. The van der Waals surface area contributed by atoms with Gasteiger partial charge < -0.3 is 14.4 Å². The maximum atomic E-state index is 13.5. The Labute approximate surface area is 219 Å². The van der Waals surface area contributed by atoms with Gasteiger partial charge in [-0.1, -0.05) is 12.1 Å². The number of hydrogen-bond acceptors (Lipinski definition) is 6. The molecule has 0 saturated carbocycles. The maximum absolute atomic E-state index is 13.5. The summed E-state index contributed by atoms with van der Waals surface area (Å²) in [5, 5.41) is 0. The number of hydrogen-bond donors (Lipinski definition) is 0. The standard InChI is InChI=1S/C27H26F3N3O4S/c1-18-5-3-6-21(15-18)38(34,35)33-12-4-11-32(13-14-33)26-22-17-20(36-2)8-10-24(22)37-25-9-7-19(27(28,29)30)16-23(25)31-26/h3,5-10,15-17H,4,11-14H2,1-2H3. The van der Waals surface area contributed by atoms with Crippen molar-refractivity contribution in [2.24, 2.45) is 4.99 Å². The maximum Gasteiger partial charge on any atom is 0.416 e. The first-order valence-corrected chi connectivity index (χ1v) is 13.5. The van der Waals surface area contributed by atoms with Crippen LogP contribution in [0.25, 0.3) is 0 Å². The lowest BCUT2D eigenvalue weighted by Crippen LogP contribution is -2.37. The van der Waals surface area contributed by atoms with Crippen molar-refractivity contribution in [1.82, 2.24) is 9.21 Å². The van der Waals surface area contributed by atoms with E-state index in [1.54, 1.807) is 36.4 Å². The number of benzene rings is 3. The van der Waals surface area contributed by atoms with Crippen LogP contribution in [-0.2, 0) is 16.2 Å². The Balaban J connectivity index is 1.53. The highest BCUT2D eigenvalue weighted by molar-refractivity contribution is 7.89. The van der Waals surface area contributed by atoms with Crippen molar-refractivity contribution in [3.8, 4) is 17.2 Å². The second-order valence-corrected chi connectivity index (χ2v) is 11.1. The molecule has 3 aromatic rings. The minimum atomic E-state index is -4.54. The highest BCUT2D eigenvalue weighted by Gasteiger charge is 2.33. The SMILES string of the molecule is COc1ccc2c(c1)C(N1CCCN(S(=O)(=O)c3cccc(C)c3)CC1)=Nc1cc(C(F)(F)F)ccc1O2. The number of rotatable bonds is 3. The Bertz CT molecular complexity index is 1510. The molecule has 11 heteroatoms. The molecule has 0 bridgehead atoms. The fourth-order valence-corrected chi connectivity index (χ4v) is 6.15. The predicted octanol–water partition coefficient (Wildman–Crippen LogP) is 5.60. The van der Waals surface area contributed by atoms with Gasteiger partial charge in [-0.2, -0.15) is 17.5 Å². The fraction of sp³-hybridized carbons (Fsp3) is 0.296. The van der Waals surface area contributed by atoms with Crippen molar-refractivity contribution >= 4 is 21.5 Å². The molecule has 200 valence electrons. The molecule has 0 atom stereocenters. The van der Waals surface area contributed by atoms with Gasteiger partial charge in [0.1, 0.15) is 23.0 Å². The predicted molar refractivity (Wildman–Crippen MR) is 137 cm³/mol. The van der Waals surface area contributed by atoms with Crippen molar-refractivity contribution in [3.05, 3.63) is 77.4 Å². The summed E-state index contributed by atoms with van der Waals surface area (Å²) in [5.41, 5.74) is 0.595. The van der Waals surface area contributed by atoms with Crippen LogP contribution in [-0.4, -0.2) is 56.7 Å². The molecule has 0 N–H and O–H groups in total. The second kappa shape index (κ2) is 9.95. The summed E-state index contributed by atoms with van der Waals surface area (Å²) in [6.07, 6.45) is -4.04. The molecule has 1 saturated heterocycles. The van der Waals surface area contributed by atoms with E-state index in [0.29, 0.717) is 42.4 Å². The topological polar surface area (TPSA) is 71.4 Å². The first-order valence-electron chi connectivity index (χ1n) is 12.0. The summed E-state index contributed by atoms with van der Waals surface area (Å²) in [5.74, 6) is 1.53. The molecular weight excluding hydrogens is 519 g/mol. The van der Waals surface area contributed by atoms with Crippen molar-refractivity contribution in [2.45, 2.75) is 24.4 Å². The summed E-state index contributed by atoms with van der Waals surface area (Å²) in [6, 6.07) is 15.1. The van der Waals surface area contributed by atoms with Crippen LogP contribution in [0.3, 0.4) is 0 Å². The number of ether oxygens (including phenoxy) is 2. The number of fused-ring (bicyclic) bond motifs is 2. The largest absolute Gasteiger partial charge is 0.497 e. The van der Waals surface area contributed by atoms with Crippen LogP contribution in [0.1, 0.15) is 23.1 Å². The van der Waals surface area contributed by atoms with E-state index >= 15 is 0 Å². The van der Waals surface area contributed by atoms with Crippen LogP contribution in [0.4, 0.5) is 18.9 Å². The van der Waals surface area contributed by atoms with Crippen LogP contribution in [0.15, 0.2) is 70.6 Å². The van der Waals surface area contributed by atoms with E-state index in [-0.39, 0.29) is 29.4 Å². The van der Waals surface area contributed by atoms with Crippen LogP contribution in [0.2, 0.25) is 0 Å². The van der Waals surface area contributed by atoms with Crippen molar-refractivity contribution in [2.75, 3.05) is 33.3 Å². The van der Waals surface area contributed by atoms with Gasteiger partial charge in [-0.05, 0) is 67.4 Å². The number of halogens is 3. The first kappa shape index (κ1) is 26.1. The third-order valence-corrected chi connectivity index (χ3v) is 8.44. The third-order valence-electron chi connectivity index (χ3n) is 6.54. The summed E-state index contributed by atoms with van der Waals surface area (Å²) in [4.78, 5) is 6.77. The molecule has 7 nitrogen and oxygen atoms in total. The Kier molecular flexibility index (Phi) is 6.83. The second-order valence-electron chi connectivity index (χ2n) is 9.14. The lowest BCUT2D eigenvalue weighted by Gasteiger charge is -2.25. The lowest BCUT2D eigenvalue weighted by molar-refractivity contribution is -0.137. The number of aryl methyl sites for hydroxylation is 1. The molecule has 0 unspecified atom stereocenters. The van der Waals surface area contributed by atoms with Crippen molar-refractivity contribution in [1.29, 1.82) is 0 Å². The Morgan fingerprint density at radius 3 is 2.47 bits per heavy atom. The van der Waals surface area contributed by atoms with Gasteiger partial charge >= 0.3 is 6.18 Å². The summed E-state index contributed by atoms with van der Waals surface area (Å²) >= 11 is 0. The zero-order valence-electron chi connectivity index (χ0n) is 20.8. The number of methoxy groups -OCH3 is 1. The molecule has 38 heavy (non-hydrogen) atoms. The molecule has 1 fully saturated rings. The van der Waals surface area contributed by atoms with Gasteiger partial charge in [-0.15, -0.1) is 0 Å². The van der Waals surface area contributed by atoms with Crippen LogP contribution in [0, 0.1) is 6.92 Å². The molecule has 0 radical (unpaired) electrons. The highest BCUT2D eigenvalue weighted by atomic mass is 32.2. The van der Waals surface area contributed by atoms with Gasteiger partial charge in [-0.3, -0.25) is 0 Å². The zero-order valence-corrected chi connectivity index (χ0v) is 21.6. The van der Waals surface area contributed by atoms with Crippen LogP contribution < -0.4 is 9.47 Å². The Morgan fingerprint density at radius 2 is 1.74 bits per heavy atom. The summed E-state index contributed by atoms with van der Waals surface area (Å²) in [7, 11) is -2.20. The molecule has 2 aliphatic rings. The average Bonchev–Trinajstić information content (AvgIpc) is 3.22. The van der Waals surface area contributed by atoms with E-state index in [2.05, 4.69) is 4.99 Å². The molecule has 3 aromatic carbocycles. The third kappa shape index (κ3) is 5.08. The molecule has 0 aliphatic carbocycles. The first-order chi connectivity index (χ1) is 18.1. The van der Waals surface area contributed by atoms with Gasteiger partial charge in [0.15, 0.2) is 5.75 Å². The lowest BCUT2D eigenvalue weighted by atomic mass is 10.1. The smallest absolute Gasteiger partial charge is 0.416 e. The van der Waals surface area contributed by atoms with E-state index in [1.807, 2.05) is 17.9 Å². The van der Waals surface area contributed by atoms with Gasteiger partial charge in [0, 0.05) is 26.2 Å². The van der Waals surface area contributed by atoms with Crippen molar-refractivity contribution in [3.63, 3.8) is 0 Å². The fourth-order valence-electron chi connectivity index (χ4n) is 4.57. The monoisotopic (exact) mass is 545 g/mol. The van der Waals surface area contributed by atoms with Gasteiger partial charge in [-0.25, -0.2) is 13.4 Å². The number of amidine groups is 1. The molecule has 0 spiro atoms. The summed E-state index contributed by atoms with van der Waals surface area (Å²) < 4.78 is 79.9. The zero-order chi connectivity index (χ0) is 27.1. The Hall–Kier alpha value is -3.57. The molecular formula is C27H26F3N3O4S. The molecule has 5 rings (SSSR count). The minimum absolute atomic E-state index is 0.0403. The van der Waals surface area contributed by atoms with E-state index in [4.69, 9.17) is 9.47 Å².